The van der Waals surface area contributed by atoms with Crippen LogP contribution < -0.4 is 0 Å². The first kappa shape index (κ1) is 9.51. The summed E-state index contributed by atoms with van der Waals surface area (Å²) in [5.41, 5.74) is 0.592. The minimum atomic E-state index is 0.547. The number of rotatable bonds is 1. The van der Waals surface area contributed by atoms with Crippen LogP contribution >= 0.6 is 0 Å². The van der Waals surface area contributed by atoms with Crippen molar-refractivity contribution in [3.63, 3.8) is 0 Å². The van der Waals surface area contributed by atoms with E-state index in [2.05, 4.69) is 20.8 Å². The van der Waals surface area contributed by atoms with E-state index >= 15 is 0 Å². The summed E-state index contributed by atoms with van der Waals surface area (Å²) in [4.78, 5) is 0. The lowest BCUT2D eigenvalue weighted by Gasteiger charge is -2.21. The molecule has 0 bridgehead atoms. The van der Waals surface area contributed by atoms with Crippen molar-refractivity contribution in [2.24, 2.45) is 17.3 Å². The summed E-state index contributed by atoms with van der Waals surface area (Å²) < 4.78 is 5.90. The minimum Gasteiger partial charge on any atom is -0.377 e. The molecule has 2 fully saturated rings. The standard InChI is InChI=1S/C12H22O/c1-9(2)11-7-12(8-13-11)5-4-10(3)6-12/h9-11H,4-8H2,1-3H3. The molecule has 0 N–H and O–H groups in total. The highest BCUT2D eigenvalue weighted by Crippen LogP contribution is 2.49. The molecule has 1 heterocycles. The molecule has 2 aliphatic rings. The van der Waals surface area contributed by atoms with Crippen molar-refractivity contribution in [2.75, 3.05) is 6.61 Å². The molecule has 13 heavy (non-hydrogen) atoms. The van der Waals surface area contributed by atoms with Crippen LogP contribution in [0.1, 0.15) is 46.5 Å². The van der Waals surface area contributed by atoms with Crippen LogP contribution in [0.15, 0.2) is 0 Å². The Kier molecular flexibility index (Phi) is 2.39. The van der Waals surface area contributed by atoms with Crippen LogP contribution in [0, 0.1) is 17.3 Å². The molecule has 3 atom stereocenters. The predicted molar refractivity (Wildman–Crippen MR) is 54.6 cm³/mol. The molecular weight excluding hydrogens is 160 g/mol. The zero-order valence-electron chi connectivity index (χ0n) is 9.18. The summed E-state index contributed by atoms with van der Waals surface area (Å²) in [6, 6.07) is 0. The molecule has 1 saturated carbocycles. The van der Waals surface area contributed by atoms with Crippen LogP contribution in [0.5, 0.6) is 0 Å². The van der Waals surface area contributed by atoms with Crippen LogP contribution in [-0.2, 0) is 4.74 Å². The van der Waals surface area contributed by atoms with Crippen LogP contribution in [0.2, 0.25) is 0 Å². The van der Waals surface area contributed by atoms with Gasteiger partial charge in [-0.25, -0.2) is 0 Å². The fourth-order valence-corrected chi connectivity index (χ4v) is 3.07. The first-order valence-corrected chi connectivity index (χ1v) is 5.73. The van der Waals surface area contributed by atoms with Crippen LogP contribution in [0.4, 0.5) is 0 Å². The maximum absolute atomic E-state index is 5.90. The molecule has 0 aromatic rings. The van der Waals surface area contributed by atoms with Crippen molar-refractivity contribution in [1.82, 2.24) is 0 Å². The van der Waals surface area contributed by atoms with Gasteiger partial charge in [0.15, 0.2) is 0 Å². The molecule has 3 unspecified atom stereocenters. The number of ether oxygens (including phenoxy) is 1. The zero-order valence-corrected chi connectivity index (χ0v) is 9.18. The van der Waals surface area contributed by atoms with Gasteiger partial charge >= 0.3 is 0 Å². The first-order valence-electron chi connectivity index (χ1n) is 5.73. The van der Waals surface area contributed by atoms with E-state index in [-0.39, 0.29) is 0 Å². The number of hydrogen-bond donors (Lipinski definition) is 0. The van der Waals surface area contributed by atoms with E-state index in [0.717, 1.165) is 12.5 Å². The Morgan fingerprint density at radius 2 is 2.08 bits per heavy atom. The van der Waals surface area contributed by atoms with Gasteiger partial charge in [-0.2, -0.15) is 0 Å². The van der Waals surface area contributed by atoms with Crippen molar-refractivity contribution in [2.45, 2.75) is 52.6 Å². The topological polar surface area (TPSA) is 9.23 Å². The first-order chi connectivity index (χ1) is 6.11. The molecule has 76 valence electrons. The molecule has 0 amide bonds. The molecule has 1 spiro atoms. The average molecular weight is 182 g/mol. The Morgan fingerprint density at radius 3 is 2.54 bits per heavy atom. The lowest BCUT2D eigenvalue weighted by molar-refractivity contribution is 0.0664. The van der Waals surface area contributed by atoms with Gasteiger partial charge in [0.1, 0.15) is 0 Å². The summed E-state index contributed by atoms with van der Waals surface area (Å²) in [5, 5.41) is 0. The highest BCUT2D eigenvalue weighted by molar-refractivity contribution is 4.94. The number of hydrogen-bond acceptors (Lipinski definition) is 1. The van der Waals surface area contributed by atoms with E-state index in [9.17, 15) is 0 Å². The lowest BCUT2D eigenvalue weighted by atomic mass is 9.81. The van der Waals surface area contributed by atoms with E-state index in [1.807, 2.05) is 0 Å². The minimum absolute atomic E-state index is 0.547. The monoisotopic (exact) mass is 182 g/mol. The van der Waals surface area contributed by atoms with E-state index in [1.54, 1.807) is 0 Å². The zero-order chi connectivity index (χ0) is 9.47. The van der Waals surface area contributed by atoms with Crippen molar-refractivity contribution < 1.29 is 4.74 Å². The molecular formula is C12H22O. The van der Waals surface area contributed by atoms with Gasteiger partial charge in [0.2, 0.25) is 0 Å². The quantitative estimate of drug-likeness (QED) is 0.605. The molecule has 1 heteroatoms. The largest absolute Gasteiger partial charge is 0.377 e. The summed E-state index contributed by atoms with van der Waals surface area (Å²) in [7, 11) is 0. The highest BCUT2D eigenvalue weighted by Gasteiger charge is 2.44. The fourth-order valence-electron chi connectivity index (χ4n) is 3.07. The highest BCUT2D eigenvalue weighted by atomic mass is 16.5. The van der Waals surface area contributed by atoms with Gasteiger partial charge in [-0.15, -0.1) is 0 Å². The van der Waals surface area contributed by atoms with E-state index in [1.165, 1.54) is 25.7 Å². The third kappa shape index (κ3) is 1.76. The van der Waals surface area contributed by atoms with E-state index in [4.69, 9.17) is 4.74 Å². The van der Waals surface area contributed by atoms with Crippen LogP contribution in [-0.4, -0.2) is 12.7 Å². The Hall–Kier alpha value is -0.0400. The molecule has 1 aliphatic carbocycles. The molecule has 0 radical (unpaired) electrons. The molecule has 1 nitrogen and oxygen atoms in total. The predicted octanol–water partition coefficient (Wildman–Crippen LogP) is 3.24. The second-order valence-electron chi connectivity index (χ2n) is 5.65. The van der Waals surface area contributed by atoms with Gasteiger partial charge < -0.3 is 4.74 Å². The van der Waals surface area contributed by atoms with Gasteiger partial charge in [0, 0.05) is 0 Å². The van der Waals surface area contributed by atoms with Gasteiger partial charge in [-0.3, -0.25) is 0 Å². The van der Waals surface area contributed by atoms with Crippen molar-refractivity contribution in [1.29, 1.82) is 0 Å². The SMILES string of the molecule is CC1CCC2(COC(C(C)C)C2)C1. The summed E-state index contributed by atoms with van der Waals surface area (Å²) >= 11 is 0. The van der Waals surface area contributed by atoms with Crippen LogP contribution in [0.3, 0.4) is 0 Å². The summed E-state index contributed by atoms with van der Waals surface area (Å²) in [6.45, 7) is 7.99. The van der Waals surface area contributed by atoms with Gasteiger partial charge in [0.05, 0.1) is 12.7 Å². The smallest absolute Gasteiger partial charge is 0.0604 e. The second kappa shape index (κ2) is 3.27. The van der Waals surface area contributed by atoms with Crippen molar-refractivity contribution in [3.05, 3.63) is 0 Å². The molecule has 0 aromatic heterocycles. The molecule has 0 aromatic carbocycles. The van der Waals surface area contributed by atoms with Crippen molar-refractivity contribution in [3.8, 4) is 0 Å². The fraction of sp³-hybridized carbons (Fsp3) is 1.00. The molecule has 1 saturated heterocycles. The van der Waals surface area contributed by atoms with Gasteiger partial charge in [-0.1, -0.05) is 27.2 Å². The maximum Gasteiger partial charge on any atom is 0.0604 e. The van der Waals surface area contributed by atoms with Gasteiger partial charge in [-0.05, 0) is 36.5 Å². The second-order valence-corrected chi connectivity index (χ2v) is 5.65. The van der Waals surface area contributed by atoms with Crippen molar-refractivity contribution >= 4 is 0 Å². The Morgan fingerprint density at radius 1 is 1.31 bits per heavy atom. The maximum atomic E-state index is 5.90. The third-order valence-electron chi connectivity index (χ3n) is 3.93. The molecule has 1 aliphatic heterocycles. The Labute approximate surface area is 81.9 Å². The summed E-state index contributed by atoms with van der Waals surface area (Å²) in [5.74, 6) is 1.64. The lowest BCUT2D eigenvalue weighted by Crippen LogP contribution is -2.18. The van der Waals surface area contributed by atoms with E-state index in [0.29, 0.717) is 17.4 Å². The summed E-state index contributed by atoms with van der Waals surface area (Å²) in [6.07, 6.45) is 6.13. The third-order valence-corrected chi connectivity index (χ3v) is 3.93. The molecule has 2 rings (SSSR count). The van der Waals surface area contributed by atoms with Gasteiger partial charge in [0.25, 0.3) is 0 Å². The Balaban J connectivity index is 1.97. The Bertz CT molecular complexity index is 188. The van der Waals surface area contributed by atoms with Crippen LogP contribution in [0.25, 0.3) is 0 Å². The normalized spacial score (nSPS) is 45.2. The average Bonchev–Trinajstić information content (AvgIpc) is 2.61. The van der Waals surface area contributed by atoms with E-state index < -0.39 is 0 Å².